The van der Waals surface area contributed by atoms with Crippen molar-refractivity contribution in [1.82, 2.24) is 5.32 Å². The fourth-order valence-corrected chi connectivity index (χ4v) is 1.86. The highest BCUT2D eigenvalue weighted by Gasteiger charge is 2.23. The molecule has 0 atom stereocenters. The molecule has 0 radical (unpaired) electrons. The van der Waals surface area contributed by atoms with E-state index >= 15 is 0 Å². The quantitative estimate of drug-likeness (QED) is 0.569. The van der Waals surface area contributed by atoms with Gasteiger partial charge in [-0.25, -0.2) is 9.69 Å². The van der Waals surface area contributed by atoms with Gasteiger partial charge in [0.2, 0.25) is 5.96 Å². The Bertz CT molecular complexity index is 453. The number of halogens is 1. The molecule has 0 aliphatic rings. The summed E-state index contributed by atoms with van der Waals surface area (Å²) < 4.78 is 0. The van der Waals surface area contributed by atoms with E-state index in [-0.39, 0.29) is 12.0 Å². The highest BCUT2D eigenvalue weighted by atomic mass is 35.5. The van der Waals surface area contributed by atoms with Crippen LogP contribution in [0.25, 0.3) is 0 Å². The Morgan fingerprint density at radius 1 is 1.50 bits per heavy atom. The van der Waals surface area contributed by atoms with Crippen molar-refractivity contribution in [2.45, 2.75) is 26.8 Å². The van der Waals surface area contributed by atoms with Crippen molar-refractivity contribution in [3.8, 4) is 0 Å². The molecule has 1 rings (SSSR count). The maximum Gasteiger partial charge on any atom is 0.329 e. The van der Waals surface area contributed by atoms with Gasteiger partial charge in [-0.05, 0) is 32.4 Å². The second-order valence-electron chi connectivity index (χ2n) is 4.23. The Morgan fingerprint density at radius 3 is 2.56 bits per heavy atom. The summed E-state index contributed by atoms with van der Waals surface area (Å²) >= 11 is 6.08. The number of nitrogens with one attached hydrogen (secondary N) is 2. The summed E-state index contributed by atoms with van der Waals surface area (Å²) in [6.07, 6.45) is 0. The van der Waals surface area contributed by atoms with Crippen LogP contribution in [0.2, 0.25) is 5.02 Å². The molecule has 5 nitrogen and oxygen atoms in total. The average Bonchev–Trinajstić information content (AvgIpc) is 2.21. The zero-order valence-electron chi connectivity index (χ0n) is 10.6. The number of urea groups is 1. The van der Waals surface area contributed by atoms with Gasteiger partial charge < -0.3 is 11.1 Å². The number of anilines is 1. The summed E-state index contributed by atoms with van der Waals surface area (Å²) in [6, 6.07) is 4.72. The maximum atomic E-state index is 12.0. The molecule has 0 fully saturated rings. The zero-order chi connectivity index (χ0) is 13.9. The van der Waals surface area contributed by atoms with E-state index in [0.717, 1.165) is 10.5 Å². The monoisotopic (exact) mass is 268 g/mol. The number of para-hydroxylation sites is 1. The molecule has 1 aromatic carbocycles. The lowest BCUT2D eigenvalue weighted by Gasteiger charge is -2.24. The lowest BCUT2D eigenvalue weighted by atomic mass is 10.2. The molecule has 0 spiro atoms. The number of hydrogen-bond donors (Lipinski definition) is 3. The van der Waals surface area contributed by atoms with Crippen LogP contribution in [0.3, 0.4) is 0 Å². The van der Waals surface area contributed by atoms with Gasteiger partial charge in [0, 0.05) is 6.04 Å². The van der Waals surface area contributed by atoms with E-state index in [1.165, 1.54) is 0 Å². The van der Waals surface area contributed by atoms with Crippen LogP contribution in [0, 0.1) is 12.3 Å². The number of rotatable bonds is 2. The first-order chi connectivity index (χ1) is 8.34. The van der Waals surface area contributed by atoms with Crippen molar-refractivity contribution in [3.63, 3.8) is 0 Å². The van der Waals surface area contributed by atoms with Gasteiger partial charge in [-0.1, -0.05) is 23.7 Å². The minimum atomic E-state index is -0.464. The Labute approximate surface area is 111 Å². The van der Waals surface area contributed by atoms with Gasteiger partial charge in [-0.3, -0.25) is 5.41 Å². The first kappa shape index (κ1) is 14.3. The fraction of sp³-hybridized carbons (Fsp3) is 0.333. The van der Waals surface area contributed by atoms with E-state index in [9.17, 15) is 4.79 Å². The number of nitrogens with zero attached hydrogens (tertiary/aromatic N) is 1. The van der Waals surface area contributed by atoms with Crippen LogP contribution in [0.5, 0.6) is 0 Å². The molecule has 18 heavy (non-hydrogen) atoms. The molecular weight excluding hydrogens is 252 g/mol. The number of carbonyl (C=O) groups excluding carboxylic acids is 1. The normalized spacial score (nSPS) is 10.3. The van der Waals surface area contributed by atoms with Gasteiger partial charge in [-0.15, -0.1) is 0 Å². The highest BCUT2D eigenvalue weighted by Crippen LogP contribution is 2.29. The van der Waals surface area contributed by atoms with Gasteiger partial charge in [-0.2, -0.15) is 0 Å². The SMILES string of the molecule is Cc1cccc(Cl)c1N(C(=N)N)C(=O)NC(C)C. The summed E-state index contributed by atoms with van der Waals surface area (Å²) in [6.45, 7) is 5.46. The van der Waals surface area contributed by atoms with Crippen molar-refractivity contribution in [1.29, 1.82) is 5.41 Å². The van der Waals surface area contributed by atoms with Crippen LogP contribution in [-0.2, 0) is 0 Å². The van der Waals surface area contributed by atoms with E-state index < -0.39 is 6.03 Å². The van der Waals surface area contributed by atoms with E-state index in [1.807, 2.05) is 13.8 Å². The molecule has 4 N–H and O–H groups in total. The second kappa shape index (κ2) is 5.73. The molecule has 6 heteroatoms. The predicted octanol–water partition coefficient (Wildman–Crippen LogP) is 2.47. The fourth-order valence-electron chi connectivity index (χ4n) is 1.55. The summed E-state index contributed by atoms with van der Waals surface area (Å²) in [7, 11) is 0. The summed E-state index contributed by atoms with van der Waals surface area (Å²) in [5.41, 5.74) is 6.68. The molecule has 98 valence electrons. The number of benzene rings is 1. The minimum Gasteiger partial charge on any atom is -0.369 e. The van der Waals surface area contributed by atoms with E-state index in [0.29, 0.717) is 10.7 Å². The number of nitrogens with two attached hydrogens (primary N) is 1. The molecule has 0 saturated carbocycles. The lowest BCUT2D eigenvalue weighted by Crippen LogP contribution is -2.49. The van der Waals surface area contributed by atoms with Gasteiger partial charge >= 0.3 is 6.03 Å². The minimum absolute atomic E-state index is 0.0536. The van der Waals surface area contributed by atoms with E-state index in [4.69, 9.17) is 22.7 Å². The Hall–Kier alpha value is -1.75. The summed E-state index contributed by atoms with van der Waals surface area (Å²) in [5, 5.41) is 10.6. The molecule has 0 bridgehead atoms. The van der Waals surface area contributed by atoms with Crippen LogP contribution in [0.15, 0.2) is 18.2 Å². The standard InChI is InChI=1S/C12H17ClN4O/c1-7(2)16-12(18)17(11(14)15)10-8(3)5-4-6-9(10)13/h4-7H,1-3H3,(H3,14,15)(H,16,18). The van der Waals surface area contributed by atoms with Gasteiger partial charge in [0.1, 0.15) is 0 Å². The van der Waals surface area contributed by atoms with Crippen molar-refractivity contribution in [3.05, 3.63) is 28.8 Å². The van der Waals surface area contributed by atoms with Crippen molar-refractivity contribution >= 4 is 29.3 Å². The van der Waals surface area contributed by atoms with E-state index in [1.54, 1.807) is 25.1 Å². The number of guanidine groups is 1. The predicted molar refractivity (Wildman–Crippen MR) is 74.2 cm³/mol. The Kier molecular flexibility index (Phi) is 4.55. The smallest absolute Gasteiger partial charge is 0.329 e. The number of carbonyl (C=O) groups is 1. The van der Waals surface area contributed by atoms with Crippen LogP contribution in [-0.4, -0.2) is 18.0 Å². The van der Waals surface area contributed by atoms with Gasteiger partial charge in [0.15, 0.2) is 0 Å². The molecule has 1 aromatic rings. The molecule has 0 aliphatic carbocycles. The largest absolute Gasteiger partial charge is 0.369 e. The highest BCUT2D eigenvalue weighted by molar-refractivity contribution is 6.35. The second-order valence-corrected chi connectivity index (χ2v) is 4.64. The topological polar surface area (TPSA) is 82.2 Å². The Morgan fingerprint density at radius 2 is 2.11 bits per heavy atom. The van der Waals surface area contributed by atoms with Crippen LogP contribution >= 0.6 is 11.6 Å². The molecule has 2 amide bonds. The third-order valence-electron chi connectivity index (χ3n) is 2.27. The van der Waals surface area contributed by atoms with Crippen LogP contribution in [0.4, 0.5) is 10.5 Å². The Balaban J connectivity index is 3.21. The van der Waals surface area contributed by atoms with Crippen LogP contribution < -0.4 is 16.0 Å². The summed E-state index contributed by atoms with van der Waals surface area (Å²) in [4.78, 5) is 13.1. The van der Waals surface area contributed by atoms with Gasteiger partial charge in [0.25, 0.3) is 0 Å². The van der Waals surface area contributed by atoms with Crippen molar-refractivity contribution in [2.24, 2.45) is 5.73 Å². The third kappa shape index (κ3) is 3.13. The lowest BCUT2D eigenvalue weighted by molar-refractivity contribution is 0.246. The van der Waals surface area contributed by atoms with Crippen molar-refractivity contribution < 1.29 is 4.79 Å². The van der Waals surface area contributed by atoms with Gasteiger partial charge in [0.05, 0.1) is 10.7 Å². The average molecular weight is 269 g/mol. The van der Waals surface area contributed by atoms with Crippen molar-refractivity contribution in [2.75, 3.05) is 4.90 Å². The molecule has 0 aliphatic heterocycles. The molecule has 0 unspecified atom stereocenters. The molecular formula is C12H17ClN4O. The first-order valence-corrected chi connectivity index (χ1v) is 5.92. The number of hydrogen-bond acceptors (Lipinski definition) is 2. The number of aryl methyl sites for hydroxylation is 1. The third-order valence-corrected chi connectivity index (χ3v) is 2.57. The van der Waals surface area contributed by atoms with E-state index in [2.05, 4.69) is 5.32 Å². The molecule has 0 aromatic heterocycles. The number of amides is 2. The molecule has 0 heterocycles. The zero-order valence-corrected chi connectivity index (χ0v) is 11.4. The first-order valence-electron chi connectivity index (χ1n) is 5.54. The summed E-state index contributed by atoms with van der Waals surface area (Å²) in [5.74, 6) is -0.371. The molecule has 0 saturated heterocycles. The van der Waals surface area contributed by atoms with Crippen LogP contribution in [0.1, 0.15) is 19.4 Å². The maximum absolute atomic E-state index is 12.0.